The molecule has 0 radical (unpaired) electrons. The van der Waals surface area contributed by atoms with Crippen molar-refractivity contribution in [2.45, 2.75) is 13.0 Å². The summed E-state index contributed by atoms with van der Waals surface area (Å²) in [6.07, 6.45) is -5.11. The molecule has 0 aliphatic heterocycles. The van der Waals surface area contributed by atoms with E-state index in [4.69, 9.17) is 10.8 Å². The lowest BCUT2D eigenvalue weighted by atomic mass is 10.2. The largest absolute Gasteiger partial charge is 0.574 e. The lowest BCUT2D eigenvalue weighted by Crippen LogP contribution is -2.20. The van der Waals surface area contributed by atoms with E-state index in [9.17, 15) is 22.4 Å². The first-order chi connectivity index (χ1) is 7.74. The fourth-order valence-corrected chi connectivity index (χ4v) is 1.00. The van der Waals surface area contributed by atoms with Crippen LogP contribution in [-0.4, -0.2) is 22.4 Å². The monoisotopic (exact) mass is 254 g/mol. The minimum Gasteiger partial charge on any atom is -0.477 e. The van der Waals surface area contributed by atoms with Crippen molar-refractivity contribution in [3.63, 3.8) is 0 Å². The van der Waals surface area contributed by atoms with Crippen molar-refractivity contribution in [2.75, 3.05) is 5.73 Å². The summed E-state index contributed by atoms with van der Waals surface area (Å²) in [5.74, 6) is -2.80. The number of carbonyl (C=O) groups is 1. The zero-order chi connectivity index (χ0) is 13.2. The number of nitrogens with two attached hydrogens (primary N) is 1. The van der Waals surface area contributed by atoms with Crippen LogP contribution in [0.3, 0.4) is 0 Å². The fourth-order valence-electron chi connectivity index (χ4n) is 1.00. The van der Waals surface area contributed by atoms with Crippen molar-refractivity contribution in [2.24, 2.45) is 0 Å². The number of anilines is 1. The van der Waals surface area contributed by atoms with Crippen LogP contribution in [0.2, 0.25) is 0 Å². The molecule has 1 aromatic heterocycles. The lowest BCUT2D eigenvalue weighted by molar-refractivity contribution is -0.276. The topological polar surface area (TPSA) is 85.4 Å². The Kier molecular flexibility index (Phi) is 3.39. The molecule has 0 saturated heterocycles. The van der Waals surface area contributed by atoms with Gasteiger partial charge in [0, 0.05) is 5.69 Å². The molecule has 0 bridgehead atoms. The van der Waals surface area contributed by atoms with Gasteiger partial charge in [-0.15, -0.1) is 13.2 Å². The molecular formula is C8H6F4N2O3. The predicted molar refractivity (Wildman–Crippen MR) is 47.1 cm³/mol. The number of carboxylic acid groups (broad SMARTS) is 1. The molecule has 0 aliphatic rings. The van der Waals surface area contributed by atoms with Crippen molar-refractivity contribution in [1.82, 2.24) is 4.98 Å². The molecule has 0 amide bonds. The van der Waals surface area contributed by atoms with Gasteiger partial charge in [-0.25, -0.2) is 14.2 Å². The van der Waals surface area contributed by atoms with Crippen LogP contribution in [0.1, 0.15) is 16.1 Å². The predicted octanol–water partition coefficient (Wildman–Crippen LogP) is 1.73. The first-order valence-electron chi connectivity index (χ1n) is 4.09. The number of nitrogens with zero attached hydrogens (tertiary/aromatic N) is 1. The van der Waals surface area contributed by atoms with Gasteiger partial charge in [0.05, 0.1) is 5.56 Å². The number of rotatable bonds is 3. The maximum absolute atomic E-state index is 12.4. The molecule has 9 heteroatoms. The van der Waals surface area contributed by atoms with Crippen molar-refractivity contribution in [3.8, 4) is 5.88 Å². The SMILES string of the molecule is Nc1cc(C(=O)O)nc(OC(F)(F)F)c1CF. The van der Waals surface area contributed by atoms with Gasteiger partial charge in [-0.3, -0.25) is 0 Å². The first kappa shape index (κ1) is 13.0. The van der Waals surface area contributed by atoms with Gasteiger partial charge in [0.25, 0.3) is 0 Å². The van der Waals surface area contributed by atoms with E-state index < -0.39 is 41.8 Å². The lowest BCUT2D eigenvalue weighted by Gasteiger charge is -2.12. The Morgan fingerprint density at radius 1 is 1.53 bits per heavy atom. The maximum atomic E-state index is 12.4. The van der Waals surface area contributed by atoms with Gasteiger partial charge in [-0.2, -0.15) is 0 Å². The van der Waals surface area contributed by atoms with Crippen LogP contribution >= 0.6 is 0 Å². The maximum Gasteiger partial charge on any atom is 0.574 e. The summed E-state index contributed by atoms with van der Waals surface area (Å²) in [5.41, 5.74) is 3.31. The summed E-state index contributed by atoms with van der Waals surface area (Å²) in [6.45, 7) is -1.36. The average Bonchev–Trinajstić information content (AvgIpc) is 2.14. The minimum atomic E-state index is -5.11. The summed E-state index contributed by atoms with van der Waals surface area (Å²) < 4.78 is 51.7. The second-order valence-electron chi connectivity index (χ2n) is 2.87. The highest BCUT2D eigenvalue weighted by atomic mass is 19.4. The summed E-state index contributed by atoms with van der Waals surface area (Å²) in [6, 6.07) is 0.750. The number of alkyl halides is 4. The van der Waals surface area contributed by atoms with Crippen molar-refractivity contribution in [1.29, 1.82) is 0 Å². The van der Waals surface area contributed by atoms with E-state index in [0.29, 0.717) is 0 Å². The molecule has 17 heavy (non-hydrogen) atoms. The number of aromatic nitrogens is 1. The molecule has 0 fully saturated rings. The Hall–Kier alpha value is -2.06. The van der Waals surface area contributed by atoms with Crippen LogP contribution < -0.4 is 10.5 Å². The molecule has 0 saturated carbocycles. The van der Waals surface area contributed by atoms with E-state index in [1.807, 2.05) is 0 Å². The van der Waals surface area contributed by atoms with Crippen LogP contribution in [0.25, 0.3) is 0 Å². The second-order valence-corrected chi connectivity index (χ2v) is 2.87. The fraction of sp³-hybridized carbons (Fsp3) is 0.250. The minimum absolute atomic E-state index is 0.473. The zero-order valence-corrected chi connectivity index (χ0v) is 8.08. The molecule has 0 aliphatic carbocycles. The summed E-state index contributed by atoms with van der Waals surface area (Å²) in [4.78, 5) is 13.5. The Bertz CT molecular complexity index is 447. The molecule has 0 aromatic carbocycles. The van der Waals surface area contributed by atoms with Gasteiger partial charge >= 0.3 is 12.3 Å². The molecule has 0 spiro atoms. The summed E-state index contributed by atoms with van der Waals surface area (Å²) in [5, 5.41) is 8.55. The molecule has 0 atom stereocenters. The molecule has 1 heterocycles. The smallest absolute Gasteiger partial charge is 0.477 e. The molecule has 1 aromatic rings. The third kappa shape index (κ3) is 3.20. The van der Waals surface area contributed by atoms with E-state index in [2.05, 4.69) is 9.72 Å². The third-order valence-electron chi connectivity index (χ3n) is 1.69. The van der Waals surface area contributed by atoms with E-state index in [1.165, 1.54) is 0 Å². The number of hydrogen-bond donors (Lipinski definition) is 2. The van der Waals surface area contributed by atoms with Gasteiger partial charge in [0.15, 0.2) is 5.69 Å². The second kappa shape index (κ2) is 4.44. The van der Waals surface area contributed by atoms with Crippen molar-refractivity contribution < 1.29 is 32.2 Å². The Morgan fingerprint density at radius 2 is 2.12 bits per heavy atom. The van der Waals surface area contributed by atoms with Crippen LogP contribution in [0.4, 0.5) is 23.2 Å². The van der Waals surface area contributed by atoms with E-state index in [-0.39, 0.29) is 0 Å². The van der Waals surface area contributed by atoms with Crippen molar-refractivity contribution >= 4 is 11.7 Å². The van der Waals surface area contributed by atoms with Gasteiger partial charge in [-0.1, -0.05) is 0 Å². The molecule has 0 unspecified atom stereocenters. The third-order valence-corrected chi connectivity index (χ3v) is 1.69. The number of aromatic carboxylic acids is 1. The van der Waals surface area contributed by atoms with Crippen LogP contribution in [0.15, 0.2) is 6.07 Å². The number of carboxylic acids is 1. The number of pyridine rings is 1. The van der Waals surface area contributed by atoms with E-state index >= 15 is 0 Å². The molecule has 5 nitrogen and oxygen atoms in total. The van der Waals surface area contributed by atoms with Crippen molar-refractivity contribution in [3.05, 3.63) is 17.3 Å². The quantitative estimate of drug-likeness (QED) is 0.802. The van der Waals surface area contributed by atoms with Gasteiger partial charge < -0.3 is 15.6 Å². The number of nitrogen functional groups attached to an aromatic ring is 1. The van der Waals surface area contributed by atoms with E-state index in [1.54, 1.807) is 0 Å². The molecule has 94 valence electrons. The first-order valence-corrected chi connectivity index (χ1v) is 4.09. The van der Waals surface area contributed by atoms with E-state index in [0.717, 1.165) is 6.07 Å². The Morgan fingerprint density at radius 3 is 2.53 bits per heavy atom. The standard InChI is InChI=1S/C8H6F4N2O3/c9-2-3-4(13)1-5(7(15)16)14-6(3)17-8(10,11)12/h1H,2H2,(H2,13,14)(H,15,16). The highest BCUT2D eigenvalue weighted by Gasteiger charge is 2.34. The Labute approximate surface area is 91.8 Å². The Balaban J connectivity index is 3.29. The van der Waals surface area contributed by atoms with Crippen LogP contribution in [-0.2, 0) is 6.67 Å². The summed E-state index contributed by atoms with van der Waals surface area (Å²) in [7, 11) is 0. The highest BCUT2D eigenvalue weighted by Crippen LogP contribution is 2.29. The number of ether oxygens (including phenoxy) is 1. The normalized spacial score (nSPS) is 11.3. The van der Waals surface area contributed by atoms with Gasteiger partial charge in [0.2, 0.25) is 5.88 Å². The van der Waals surface area contributed by atoms with Gasteiger partial charge in [0.1, 0.15) is 6.67 Å². The van der Waals surface area contributed by atoms with Gasteiger partial charge in [-0.05, 0) is 6.07 Å². The van der Waals surface area contributed by atoms with Crippen LogP contribution in [0, 0.1) is 0 Å². The molecular weight excluding hydrogens is 248 g/mol. The molecule has 1 rings (SSSR count). The number of halogens is 4. The molecule has 3 N–H and O–H groups in total. The zero-order valence-electron chi connectivity index (χ0n) is 8.08. The van der Waals surface area contributed by atoms with Crippen LogP contribution in [0.5, 0.6) is 5.88 Å². The summed E-state index contributed by atoms with van der Waals surface area (Å²) >= 11 is 0. The number of hydrogen-bond acceptors (Lipinski definition) is 4. The highest BCUT2D eigenvalue weighted by molar-refractivity contribution is 5.87. The average molecular weight is 254 g/mol.